The summed E-state index contributed by atoms with van der Waals surface area (Å²) in [5, 5.41) is 8.41. The van der Waals surface area contributed by atoms with Crippen LogP contribution in [0.4, 0.5) is 0 Å². The Morgan fingerprint density at radius 2 is 1.88 bits per heavy atom. The van der Waals surface area contributed by atoms with Crippen LogP contribution in [0.25, 0.3) is 23.1 Å². The lowest BCUT2D eigenvalue weighted by Gasteiger charge is -2.02. The molecule has 0 radical (unpaired) electrons. The standard InChI is InChI=1S/C22H17N3O/c26-22(18-7-4-12-23-15-18)14-17-9-11-21-19(13-17)20(24-25-21)10-8-16-5-2-1-3-6-16/h1-13,15H,14H2,(H,24,25)/b10-8+. The van der Waals surface area contributed by atoms with Crippen LogP contribution in [-0.4, -0.2) is 21.0 Å². The van der Waals surface area contributed by atoms with Gasteiger partial charge in [0.25, 0.3) is 0 Å². The van der Waals surface area contributed by atoms with Crippen molar-refractivity contribution in [1.29, 1.82) is 0 Å². The van der Waals surface area contributed by atoms with Crippen LogP contribution in [0, 0.1) is 0 Å². The van der Waals surface area contributed by atoms with Gasteiger partial charge in [0.15, 0.2) is 5.78 Å². The summed E-state index contributed by atoms with van der Waals surface area (Å²) < 4.78 is 0. The highest BCUT2D eigenvalue weighted by Crippen LogP contribution is 2.21. The van der Waals surface area contributed by atoms with Crippen LogP contribution in [-0.2, 0) is 6.42 Å². The zero-order valence-corrected chi connectivity index (χ0v) is 14.1. The fourth-order valence-electron chi connectivity index (χ4n) is 2.87. The number of fused-ring (bicyclic) bond motifs is 1. The van der Waals surface area contributed by atoms with Crippen LogP contribution < -0.4 is 0 Å². The Bertz CT molecular complexity index is 1070. The maximum Gasteiger partial charge on any atom is 0.168 e. The van der Waals surface area contributed by atoms with Crippen LogP contribution in [0.1, 0.15) is 27.2 Å². The van der Waals surface area contributed by atoms with Crippen molar-refractivity contribution in [3.8, 4) is 0 Å². The SMILES string of the molecule is O=C(Cc1ccc2n[nH]c(/C=C/c3ccccc3)c2c1)c1cccnc1. The van der Waals surface area contributed by atoms with Gasteiger partial charge in [-0.3, -0.25) is 14.9 Å². The molecule has 0 aliphatic rings. The van der Waals surface area contributed by atoms with E-state index in [4.69, 9.17) is 0 Å². The van der Waals surface area contributed by atoms with E-state index < -0.39 is 0 Å². The van der Waals surface area contributed by atoms with Crippen molar-refractivity contribution in [2.45, 2.75) is 6.42 Å². The minimum absolute atomic E-state index is 0.0577. The summed E-state index contributed by atoms with van der Waals surface area (Å²) in [5.74, 6) is 0.0577. The van der Waals surface area contributed by atoms with Crippen LogP contribution in [0.3, 0.4) is 0 Å². The number of hydrogen-bond acceptors (Lipinski definition) is 3. The van der Waals surface area contributed by atoms with E-state index in [0.29, 0.717) is 12.0 Å². The Morgan fingerprint density at radius 3 is 2.69 bits per heavy atom. The first-order valence-electron chi connectivity index (χ1n) is 8.43. The van der Waals surface area contributed by atoms with E-state index in [0.717, 1.165) is 27.7 Å². The number of pyridine rings is 1. The van der Waals surface area contributed by atoms with Gasteiger partial charge in [0.2, 0.25) is 0 Å². The van der Waals surface area contributed by atoms with Crippen LogP contribution in [0.5, 0.6) is 0 Å². The molecule has 26 heavy (non-hydrogen) atoms. The molecule has 0 saturated carbocycles. The Kier molecular flexibility index (Phi) is 4.39. The predicted octanol–water partition coefficient (Wildman–Crippen LogP) is 4.55. The first-order chi connectivity index (χ1) is 12.8. The topological polar surface area (TPSA) is 58.6 Å². The molecule has 1 N–H and O–H groups in total. The number of nitrogens with zero attached hydrogens (tertiary/aromatic N) is 2. The number of rotatable bonds is 5. The van der Waals surface area contributed by atoms with E-state index in [2.05, 4.69) is 15.2 Å². The lowest BCUT2D eigenvalue weighted by atomic mass is 10.0. The Hall–Kier alpha value is -3.53. The summed E-state index contributed by atoms with van der Waals surface area (Å²) in [6.45, 7) is 0. The third kappa shape index (κ3) is 3.44. The zero-order chi connectivity index (χ0) is 17.8. The molecular weight excluding hydrogens is 322 g/mol. The average Bonchev–Trinajstić information content (AvgIpc) is 3.10. The second-order valence-electron chi connectivity index (χ2n) is 6.07. The third-order valence-corrected chi connectivity index (χ3v) is 4.24. The molecule has 2 aromatic carbocycles. The highest BCUT2D eigenvalue weighted by molar-refractivity contribution is 5.98. The van der Waals surface area contributed by atoms with Crippen molar-refractivity contribution in [2.24, 2.45) is 0 Å². The number of benzene rings is 2. The number of aromatic nitrogens is 3. The van der Waals surface area contributed by atoms with Gasteiger partial charge in [0, 0.05) is 29.8 Å². The summed E-state index contributed by atoms with van der Waals surface area (Å²) in [4.78, 5) is 16.4. The number of H-pyrrole nitrogens is 1. The molecule has 0 fully saturated rings. The van der Waals surface area contributed by atoms with E-state index in [1.807, 2.05) is 60.7 Å². The zero-order valence-electron chi connectivity index (χ0n) is 14.1. The molecule has 4 rings (SSSR count). The van der Waals surface area contributed by atoms with E-state index in [-0.39, 0.29) is 5.78 Å². The lowest BCUT2D eigenvalue weighted by Crippen LogP contribution is -2.03. The fraction of sp³-hybridized carbons (Fsp3) is 0.0455. The maximum absolute atomic E-state index is 12.4. The molecule has 126 valence electrons. The molecule has 0 saturated heterocycles. The van der Waals surface area contributed by atoms with Crippen molar-refractivity contribution in [1.82, 2.24) is 15.2 Å². The van der Waals surface area contributed by atoms with Gasteiger partial charge in [-0.2, -0.15) is 5.10 Å². The molecule has 0 aliphatic heterocycles. The van der Waals surface area contributed by atoms with Crippen LogP contribution in [0.15, 0.2) is 73.1 Å². The van der Waals surface area contributed by atoms with Crippen molar-refractivity contribution < 1.29 is 4.79 Å². The molecule has 0 amide bonds. The summed E-state index contributed by atoms with van der Waals surface area (Å²) >= 11 is 0. The van der Waals surface area contributed by atoms with Crippen molar-refractivity contribution >= 4 is 28.8 Å². The number of aromatic amines is 1. The van der Waals surface area contributed by atoms with E-state index >= 15 is 0 Å². The summed E-state index contributed by atoms with van der Waals surface area (Å²) in [6, 6.07) is 19.6. The van der Waals surface area contributed by atoms with E-state index in [1.54, 1.807) is 24.5 Å². The first kappa shape index (κ1) is 16.0. The number of carbonyl (C=O) groups is 1. The molecule has 0 unspecified atom stereocenters. The molecule has 2 aromatic heterocycles. The van der Waals surface area contributed by atoms with Gasteiger partial charge in [-0.25, -0.2) is 0 Å². The van der Waals surface area contributed by atoms with Gasteiger partial charge in [0.1, 0.15) is 0 Å². The highest BCUT2D eigenvalue weighted by Gasteiger charge is 2.09. The second-order valence-corrected chi connectivity index (χ2v) is 6.07. The van der Waals surface area contributed by atoms with E-state index in [1.165, 1.54) is 0 Å². The van der Waals surface area contributed by atoms with Gasteiger partial charge >= 0.3 is 0 Å². The second kappa shape index (κ2) is 7.15. The van der Waals surface area contributed by atoms with Gasteiger partial charge in [-0.1, -0.05) is 42.5 Å². The number of hydrogen-bond donors (Lipinski definition) is 1. The number of ketones is 1. The average molecular weight is 339 g/mol. The monoisotopic (exact) mass is 339 g/mol. The third-order valence-electron chi connectivity index (χ3n) is 4.24. The van der Waals surface area contributed by atoms with Crippen LogP contribution >= 0.6 is 0 Å². The quantitative estimate of drug-likeness (QED) is 0.543. The van der Waals surface area contributed by atoms with Gasteiger partial charge in [-0.05, 0) is 41.5 Å². The smallest absolute Gasteiger partial charge is 0.168 e. The summed E-state index contributed by atoms with van der Waals surface area (Å²) in [6.07, 6.45) is 7.67. The molecule has 0 atom stereocenters. The van der Waals surface area contributed by atoms with Gasteiger partial charge in [0.05, 0.1) is 11.2 Å². The van der Waals surface area contributed by atoms with E-state index in [9.17, 15) is 4.79 Å². The Balaban J connectivity index is 1.60. The van der Waals surface area contributed by atoms with Gasteiger partial charge < -0.3 is 0 Å². The molecule has 2 heterocycles. The molecule has 4 aromatic rings. The molecule has 4 nitrogen and oxygen atoms in total. The molecule has 0 aliphatic carbocycles. The predicted molar refractivity (Wildman–Crippen MR) is 104 cm³/mol. The highest BCUT2D eigenvalue weighted by atomic mass is 16.1. The summed E-state index contributed by atoms with van der Waals surface area (Å²) in [5.41, 5.74) is 4.53. The number of nitrogens with one attached hydrogen (secondary N) is 1. The fourth-order valence-corrected chi connectivity index (χ4v) is 2.87. The maximum atomic E-state index is 12.4. The summed E-state index contributed by atoms with van der Waals surface area (Å²) in [7, 11) is 0. The first-order valence-corrected chi connectivity index (χ1v) is 8.43. The lowest BCUT2D eigenvalue weighted by molar-refractivity contribution is 0.0992. The largest absolute Gasteiger partial charge is 0.294 e. The Labute approximate surface area is 151 Å². The Morgan fingerprint density at radius 1 is 1.00 bits per heavy atom. The molecule has 4 heteroatoms. The van der Waals surface area contributed by atoms with Crippen molar-refractivity contribution in [2.75, 3.05) is 0 Å². The van der Waals surface area contributed by atoms with Crippen molar-refractivity contribution in [3.05, 3.63) is 95.4 Å². The van der Waals surface area contributed by atoms with Crippen molar-refractivity contribution in [3.63, 3.8) is 0 Å². The molecule has 0 bridgehead atoms. The number of Topliss-reactive ketones (excluding diaryl/α,β-unsaturated/α-hetero) is 1. The molecule has 0 spiro atoms. The number of carbonyl (C=O) groups excluding carboxylic acids is 1. The minimum Gasteiger partial charge on any atom is -0.294 e. The minimum atomic E-state index is 0.0577. The van der Waals surface area contributed by atoms with Gasteiger partial charge in [-0.15, -0.1) is 0 Å². The van der Waals surface area contributed by atoms with Crippen LogP contribution in [0.2, 0.25) is 0 Å². The normalized spacial score (nSPS) is 11.2. The molecular formula is C22H17N3O.